The summed E-state index contributed by atoms with van der Waals surface area (Å²) in [6, 6.07) is 7.39. The summed E-state index contributed by atoms with van der Waals surface area (Å²) in [7, 11) is 0. The first kappa shape index (κ1) is 16.8. The number of fused-ring (bicyclic) bond motifs is 1. The molecule has 27 heavy (non-hydrogen) atoms. The Hall–Kier alpha value is -2.38. The molecule has 1 aromatic heterocycles. The van der Waals surface area contributed by atoms with Crippen molar-refractivity contribution in [2.45, 2.75) is 18.4 Å². The van der Waals surface area contributed by atoms with Crippen molar-refractivity contribution in [1.82, 2.24) is 15.1 Å². The molecule has 0 bridgehead atoms. The SMILES string of the molecule is O=Cc1c(O)cccc1OCC12CCNCC1C2c1ccnn1C1COC1. The van der Waals surface area contributed by atoms with Crippen LogP contribution in [0.5, 0.6) is 11.5 Å². The predicted octanol–water partition coefficient (Wildman–Crippen LogP) is 1.74. The molecule has 2 saturated heterocycles. The quantitative estimate of drug-likeness (QED) is 0.755. The minimum atomic E-state index is -0.0442. The van der Waals surface area contributed by atoms with Gasteiger partial charge in [0.2, 0.25) is 0 Å². The highest BCUT2D eigenvalue weighted by Crippen LogP contribution is 2.67. The van der Waals surface area contributed by atoms with Gasteiger partial charge >= 0.3 is 0 Å². The minimum absolute atomic E-state index is 0.0409. The van der Waals surface area contributed by atoms with Gasteiger partial charge in [0, 0.05) is 23.2 Å². The van der Waals surface area contributed by atoms with Crippen LogP contribution in [0.25, 0.3) is 0 Å². The van der Waals surface area contributed by atoms with Gasteiger partial charge in [0.25, 0.3) is 0 Å². The molecule has 1 saturated carbocycles. The number of benzene rings is 1. The second kappa shape index (κ2) is 6.35. The number of ether oxygens (including phenoxy) is 2. The van der Waals surface area contributed by atoms with Gasteiger partial charge in [0.05, 0.1) is 31.4 Å². The third kappa shape index (κ3) is 2.56. The maximum atomic E-state index is 11.3. The number of phenolic OH excluding ortho intramolecular Hbond substituents is 1. The summed E-state index contributed by atoms with van der Waals surface area (Å²) in [5.41, 5.74) is 1.51. The lowest BCUT2D eigenvalue weighted by molar-refractivity contribution is -0.0300. The van der Waals surface area contributed by atoms with E-state index >= 15 is 0 Å². The molecule has 2 aromatic rings. The summed E-state index contributed by atoms with van der Waals surface area (Å²) < 4.78 is 13.6. The van der Waals surface area contributed by atoms with Gasteiger partial charge in [-0.05, 0) is 43.6 Å². The van der Waals surface area contributed by atoms with Crippen LogP contribution in [0.3, 0.4) is 0 Å². The maximum Gasteiger partial charge on any atom is 0.157 e. The third-order valence-electron chi connectivity index (χ3n) is 6.43. The highest BCUT2D eigenvalue weighted by molar-refractivity contribution is 5.83. The zero-order valence-electron chi connectivity index (χ0n) is 15.0. The molecule has 1 aliphatic carbocycles. The van der Waals surface area contributed by atoms with Gasteiger partial charge in [0.15, 0.2) is 6.29 Å². The van der Waals surface area contributed by atoms with Crippen LogP contribution in [-0.2, 0) is 4.74 Å². The van der Waals surface area contributed by atoms with Crippen LogP contribution in [0.1, 0.15) is 34.4 Å². The van der Waals surface area contributed by atoms with Crippen LogP contribution >= 0.6 is 0 Å². The van der Waals surface area contributed by atoms with Crippen LogP contribution in [0.15, 0.2) is 30.5 Å². The number of hydrogen-bond donors (Lipinski definition) is 2. The van der Waals surface area contributed by atoms with Gasteiger partial charge in [-0.2, -0.15) is 5.10 Å². The topological polar surface area (TPSA) is 85.6 Å². The fourth-order valence-corrected chi connectivity index (χ4v) is 4.82. The van der Waals surface area contributed by atoms with Gasteiger partial charge in [-0.3, -0.25) is 9.48 Å². The van der Waals surface area contributed by atoms with E-state index in [4.69, 9.17) is 9.47 Å². The van der Waals surface area contributed by atoms with Crippen LogP contribution < -0.4 is 10.1 Å². The maximum absolute atomic E-state index is 11.3. The molecule has 3 heterocycles. The van der Waals surface area contributed by atoms with E-state index in [1.165, 1.54) is 11.8 Å². The average Bonchev–Trinajstić information content (AvgIpc) is 3.08. The Morgan fingerprint density at radius 1 is 1.41 bits per heavy atom. The number of carbonyl (C=O) groups is 1. The van der Waals surface area contributed by atoms with Crippen molar-refractivity contribution in [3.8, 4) is 11.5 Å². The lowest BCUT2D eigenvalue weighted by Crippen LogP contribution is -2.33. The van der Waals surface area contributed by atoms with Crippen molar-refractivity contribution < 1.29 is 19.4 Å². The number of aromatic nitrogens is 2. The van der Waals surface area contributed by atoms with E-state index in [1.54, 1.807) is 12.1 Å². The average molecular weight is 369 g/mol. The molecule has 0 radical (unpaired) electrons. The van der Waals surface area contributed by atoms with E-state index in [-0.39, 0.29) is 16.7 Å². The predicted molar refractivity (Wildman–Crippen MR) is 97.2 cm³/mol. The molecule has 0 spiro atoms. The lowest BCUT2D eigenvalue weighted by Gasteiger charge is -2.28. The van der Waals surface area contributed by atoms with E-state index in [0.717, 1.165) is 32.7 Å². The van der Waals surface area contributed by atoms with E-state index in [9.17, 15) is 9.90 Å². The van der Waals surface area contributed by atoms with Gasteiger partial charge in [-0.15, -0.1) is 0 Å². The second-order valence-corrected chi connectivity index (χ2v) is 7.76. The zero-order valence-corrected chi connectivity index (χ0v) is 15.0. The van der Waals surface area contributed by atoms with Crippen LogP contribution in [0.2, 0.25) is 0 Å². The van der Waals surface area contributed by atoms with Crippen molar-refractivity contribution in [3.05, 3.63) is 41.7 Å². The first-order chi connectivity index (χ1) is 13.2. The molecule has 3 fully saturated rings. The number of phenols is 1. The summed E-state index contributed by atoms with van der Waals surface area (Å²) in [6.07, 6.45) is 3.54. The second-order valence-electron chi connectivity index (χ2n) is 7.76. The van der Waals surface area contributed by atoms with Crippen LogP contribution in [-0.4, -0.2) is 54.1 Å². The Morgan fingerprint density at radius 3 is 3.07 bits per heavy atom. The van der Waals surface area contributed by atoms with Gasteiger partial charge < -0.3 is 19.9 Å². The number of nitrogens with one attached hydrogen (secondary N) is 1. The lowest BCUT2D eigenvalue weighted by atomic mass is 9.95. The molecule has 1 aromatic carbocycles. The fourth-order valence-electron chi connectivity index (χ4n) is 4.82. The highest BCUT2D eigenvalue weighted by atomic mass is 16.5. The zero-order chi connectivity index (χ0) is 18.4. The van der Waals surface area contributed by atoms with Gasteiger partial charge in [-0.25, -0.2) is 0 Å². The van der Waals surface area contributed by atoms with Crippen molar-refractivity contribution in [3.63, 3.8) is 0 Å². The molecule has 3 unspecified atom stereocenters. The third-order valence-corrected chi connectivity index (χ3v) is 6.43. The molecule has 5 rings (SSSR count). The number of hydrogen-bond acceptors (Lipinski definition) is 6. The minimum Gasteiger partial charge on any atom is -0.507 e. The highest BCUT2D eigenvalue weighted by Gasteiger charge is 2.67. The molecule has 7 nitrogen and oxygen atoms in total. The summed E-state index contributed by atoms with van der Waals surface area (Å²) in [5, 5.41) is 17.9. The molecule has 7 heteroatoms. The molecular formula is C20H23N3O4. The summed E-state index contributed by atoms with van der Waals surface area (Å²) in [6.45, 7) is 3.89. The van der Waals surface area contributed by atoms with Crippen molar-refractivity contribution >= 4 is 6.29 Å². The smallest absolute Gasteiger partial charge is 0.157 e. The van der Waals surface area contributed by atoms with Crippen LogP contribution in [0.4, 0.5) is 0 Å². The molecular weight excluding hydrogens is 346 g/mol. The first-order valence-electron chi connectivity index (χ1n) is 9.46. The summed E-state index contributed by atoms with van der Waals surface area (Å²) in [5.74, 6) is 1.27. The Labute approximate surface area is 157 Å². The summed E-state index contributed by atoms with van der Waals surface area (Å²) >= 11 is 0. The standard InChI is InChI=1S/C20H23N3O4/c24-9-14-17(25)2-1-3-18(14)27-12-20-5-7-21-8-15(20)19(20)16-4-6-22-23(16)13-10-26-11-13/h1-4,6,9,13,15,19,21,25H,5,7-8,10-12H2. The Morgan fingerprint density at radius 2 is 2.30 bits per heavy atom. The molecule has 3 atom stereocenters. The number of carbonyl (C=O) groups excluding carboxylic acids is 1. The fraction of sp³-hybridized carbons (Fsp3) is 0.500. The van der Waals surface area contributed by atoms with E-state index in [0.29, 0.717) is 36.5 Å². The molecule has 3 aliphatic rings. The Bertz CT molecular complexity index is 863. The van der Waals surface area contributed by atoms with Crippen molar-refractivity contribution in [1.29, 1.82) is 0 Å². The molecule has 2 aliphatic heterocycles. The van der Waals surface area contributed by atoms with Gasteiger partial charge in [0.1, 0.15) is 11.5 Å². The monoisotopic (exact) mass is 369 g/mol. The normalized spacial score (nSPS) is 29.6. The molecule has 142 valence electrons. The largest absolute Gasteiger partial charge is 0.507 e. The Balaban J connectivity index is 1.40. The van der Waals surface area contributed by atoms with Crippen LogP contribution in [0, 0.1) is 11.3 Å². The molecule has 0 amide bonds. The van der Waals surface area contributed by atoms with E-state index < -0.39 is 0 Å². The van der Waals surface area contributed by atoms with E-state index in [2.05, 4.69) is 21.2 Å². The van der Waals surface area contributed by atoms with Gasteiger partial charge in [-0.1, -0.05) is 6.07 Å². The number of piperidine rings is 1. The number of nitrogens with zero attached hydrogens (tertiary/aromatic N) is 2. The first-order valence-corrected chi connectivity index (χ1v) is 9.46. The number of rotatable bonds is 6. The summed E-state index contributed by atoms with van der Waals surface area (Å²) in [4.78, 5) is 11.3. The van der Waals surface area contributed by atoms with Crippen molar-refractivity contribution in [2.75, 3.05) is 32.9 Å². The number of aromatic hydroxyl groups is 1. The van der Waals surface area contributed by atoms with Crippen molar-refractivity contribution in [2.24, 2.45) is 11.3 Å². The Kier molecular flexibility index (Phi) is 3.94. The number of aldehydes is 1. The van der Waals surface area contributed by atoms with E-state index in [1.807, 2.05) is 6.20 Å². The molecule has 2 N–H and O–H groups in total.